The van der Waals surface area contributed by atoms with E-state index >= 15 is 9.59 Å². The number of hydrogen-bond acceptors (Lipinski definition) is 13. The van der Waals surface area contributed by atoms with Crippen molar-refractivity contribution >= 4 is 63.5 Å². The first-order valence-electron chi connectivity index (χ1n) is 23.9. The molecule has 10 aromatic rings. The van der Waals surface area contributed by atoms with Crippen molar-refractivity contribution in [1.29, 1.82) is 0 Å². The highest BCUT2D eigenvalue weighted by atomic mass is 35.5. The minimum absolute atomic E-state index is 0.0190. The zero-order valence-corrected chi connectivity index (χ0v) is 42.1. The van der Waals surface area contributed by atoms with Crippen molar-refractivity contribution < 1.29 is 42.1 Å². The zero-order chi connectivity index (χ0) is 54.3. The Labute approximate surface area is 447 Å². The summed E-state index contributed by atoms with van der Waals surface area (Å²) in [5.41, 5.74) is 3.87. The molecule has 6 heterocycles. The number of aromatic nitrogens is 8. The molecular weight excluding hydrogens is 1030 g/mol. The van der Waals surface area contributed by atoms with Crippen LogP contribution in [0.2, 0.25) is 5.02 Å². The summed E-state index contributed by atoms with van der Waals surface area (Å²) < 4.78 is 65.6. The van der Waals surface area contributed by atoms with E-state index in [0.29, 0.717) is 57.2 Å². The second-order valence-corrected chi connectivity index (χ2v) is 17.7. The summed E-state index contributed by atoms with van der Waals surface area (Å²) in [6, 6.07) is 24.9. The molecule has 78 heavy (non-hydrogen) atoms. The summed E-state index contributed by atoms with van der Waals surface area (Å²) in [6.45, 7) is 1.49. The number of pyridine rings is 2. The lowest BCUT2D eigenvalue weighted by atomic mass is 10.1. The highest BCUT2D eigenvalue weighted by Gasteiger charge is 2.38. The van der Waals surface area contributed by atoms with Gasteiger partial charge in [-0.1, -0.05) is 35.9 Å². The molecule has 0 aliphatic heterocycles. The standard InChI is InChI=1S/C55H45ClF3N13O6/c1-34-25-36(15-18-61-34)33-78-52-51-63-20-22-70(51)32-44(68-52)38-6-4-8-42(27-38)66-54(75)72(46-29-40(56)10-12-47(46)76-2)71(45-28-39(55(57,58)59)9-11-48(45)77-24-23-73)53(74)65-41-7-3-5-37(26-41)43-31-69-21-19-62-50(69)49(67-43)64-30-35-13-16-60-17-14-35/h3-22,25-29,31-32,73H,23-24,30,33H2,1-2H3,(H,64,67)(H,65,74)(H,66,75). The normalized spacial score (nSPS) is 11.3. The number of rotatable bonds is 16. The summed E-state index contributed by atoms with van der Waals surface area (Å²) >= 11 is 6.61. The fourth-order valence-electron chi connectivity index (χ4n) is 8.31. The van der Waals surface area contributed by atoms with E-state index in [0.717, 1.165) is 34.0 Å². The molecule has 0 atom stereocenters. The van der Waals surface area contributed by atoms with Gasteiger partial charge in [0.05, 0.1) is 30.7 Å². The molecule has 6 aromatic heterocycles. The first-order chi connectivity index (χ1) is 37.8. The third-order valence-electron chi connectivity index (χ3n) is 11.9. The van der Waals surface area contributed by atoms with Crippen LogP contribution in [0, 0.1) is 6.92 Å². The fraction of sp³-hybridized carbons (Fsp3) is 0.127. The maximum atomic E-state index is 15.4. The average molecular weight is 1080 g/mol. The summed E-state index contributed by atoms with van der Waals surface area (Å²) in [5, 5.41) is 20.3. The van der Waals surface area contributed by atoms with Crippen LogP contribution in [-0.4, -0.2) is 76.2 Å². The van der Waals surface area contributed by atoms with Crippen LogP contribution in [0.4, 0.5) is 51.3 Å². The number of carbonyl (C=O) groups excluding carboxylic acids is 2. The Balaban J connectivity index is 1.04. The number of hydrogen-bond donors (Lipinski definition) is 4. The molecule has 0 aliphatic carbocycles. The molecule has 0 aliphatic rings. The Hall–Kier alpha value is -9.80. The highest BCUT2D eigenvalue weighted by Crippen LogP contribution is 2.42. The number of imidazole rings is 2. The molecule has 4 aromatic carbocycles. The molecule has 0 spiro atoms. The van der Waals surface area contributed by atoms with Gasteiger partial charge in [0.1, 0.15) is 36.1 Å². The van der Waals surface area contributed by atoms with Gasteiger partial charge in [-0.3, -0.25) is 9.97 Å². The first-order valence-corrected chi connectivity index (χ1v) is 24.3. The number of alkyl halides is 3. The second-order valence-electron chi connectivity index (χ2n) is 17.2. The van der Waals surface area contributed by atoms with Crippen molar-refractivity contribution in [3.05, 3.63) is 192 Å². The number of anilines is 5. The Bertz CT molecular complexity index is 3810. The van der Waals surface area contributed by atoms with Gasteiger partial charge < -0.3 is 44.1 Å². The number of benzene rings is 4. The fourth-order valence-corrected chi connectivity index (χ4v) is 8.47. The third kappa shape index (κ3) is 11.5. The number of ether oxygens (including phenoxy) is 3. The van der Waals surface area contributed by atoms with Crippen LogP contribution in [-0.2, 0) is 19.3 Å². The number of carbonyl (C=O) groups is 2. The lowest BCUT2D eigenvalue weighted by molar-refractivity contribution is -0.137. The summed E-state index contributed by atoms with van der Waals surface area (Å²) in [5.74, 6) is 0.347. The molecule has 394 valence electrons. The first kappa shape index (κ1) is 51.7. The van der Waals surface area contributed by atoms with Crippen molar-refractivity contribution in [2.45, 2.75) is 26.3 Å². The van der Waals surface area contributed by atoms with E-state index in [-0.39, 0.29) is 46.1 Å². The van der Waals surface area contributed by atoms with Gasteiger partial charge in [-0.25, -0.2) is 29.5 Å². The van der Waals surface area contributed by atoms with Crippen LogP contribution in [0.3, 0.4) is 0 Å². The monoisotopic (exact) mass is 1080 g/mol. The molecular formula is C55H45ClF3N13O6. The highest BCUT2D eigenvalue weighted by molar-refractivity contribution is 6.31. The van der Waals surface area contributed by atoms with Gasteiger partial charge in [0.25, 0.3) is 5.88 Å². The van der Waals surface area contributed by atoms with Crippen LogP contribution < -0.4 is 40.2 Å². The van der Waals surface area contributed by atoms with Crippen molar-refractivity contribution in [3.63, 3.8) is 0 Å². The number of aliphatic hydroxyl groups is 1. The number of nitrogens with one attached hydrogen (secondary N) is 3. The summed E-state index contributed by atoms with van der Waals surface area (Å²) in [6.07, 6.45) is 10.3. The van der Waals surface area contributed by atoms with Crippen molar-refractivity contribution in [2.24, 2.45) is 0 Å². The van der Waals surface area contributed by atoms with Gasteiger partial charge in [-0.2, -0.15) is 23.2 Å². The SMILES string of the molecule is COc1ccc(Cl)cc1N(C(=O)Nc1cccc(-c2cn3ccnc3c(OCc3ccnc(C)c3)n2)c1)N(C(=O)Nc1cccc(-c2cn3ccnc3c(NCc3ccncc3)n2)c1)c1cc(C(F)(F)F)ccc1OCCO. The predicted octanol–water partition coefficient (Wildman–Crippen LogP) is 11.1. The Kier molecular flexibility index (Phi) is 15.0. The van der Waals surface area contributed by atoms with Gasteiger partial charge in [0.2, 0.25) is 5.65 Å². The van der Waals surface area contributed by atoms with Crippen molar-refractivity contribution in [3.8, 4) is 39.9 Å². The number of hydrazine groups is 1. The van der Waals surface area contributed by atoms with E-state index in [9.17, 15) is 18.3 Å². The predicted molar refractivity (Wildman–Crippen MR) is 287 cm³/mol. The lowest BCUT2D eigenvalue weighted by Gasteiger charge is -2.36. The van der Waals surface area contributed by atoms with Gasteiger partial charge >= 0.3 is 18.2 Å². The smallest absolute Gasteiger partial charge is 0.416 e. The third-order valence-corrected chi connectivity index (χ3v) is 12.1. The Morgan fingerprint density at radius 1 is 0.692 bits per heavy atom. The van der Waals surface area contributed by atoms with E-state index in [1.165, 1.54) is 25.3 Å². The summed E-state index contributed by atoms with van der Waals surface area (Å²) in [4.78, 5) is 57.7. The quantitative estimate of drug-likeness (QED) is 0.0664. The molecule has 4 amide bonds. The molecule has 19 nitrogen and oxygen atoms in total. The molecule has 10 rings (SSSR count). The van der Waals surface area contributed by atoms with Crippen LogP contribution in [0.1, 0.15) is 22.4 Å². The van der Waals surface area contributed by atoms with E-state index < -0.39 is 42.7 Å². The number of urea groups is 2. The van der Waals surface area contributed by atoms with Gasteiger partial charge in [0, 0.05) is 95.5 Å². The van der Waals surface area contributed by atoms with Crippen molar-refractivity contribution in [1.82, 2.24) is 38.7 Å². The number of aliphatic hydroxyl groups excluding tert-OH is 1. The number of methoxy groups -OCH3 is 1. The number of amides is 4. The Morgan fingerprint density at radius 3 is 1.97 bits per heavy atom. The number of nitrogens with zero attached hydrogens (tertiary/aromatic N) is 10. The number of aryl methyl sites for hydroxylation is 1. The van der Waals surface area contributed by atoms with Gasteiger partial charge in [-0.15, -0.1) is 0 Å². The molecule has 23 heteroatoms. The number of halogens is 4. The topological polar surface area (TPSA) is 211 Å². The van der Waals surface area contributed by atoms with Crippen LogP contribution in [0.15, 0.2) is 165 Å². The minimum atomic E-state index is -4.95. The van der Waals surface area contributed by atoms with Gasteiger partial charge in [0.15, 0.2) is 11.5 Å². The molecule has 0 unspecified atom stereocenters. The average Bonchev–Trinajstić information content (AvgIpc) is 4.24. The van der Waals surface area contributed by atoms with E-state index in [1.54, 1.807) is 113 Å². The van der Waals surface area contributed by atoms with Crippen molar-refractivity contribution in [2.75, 3.05) is 46.3 Å². The van der Waals surface area contributed by atoms with E-state index in [1.807, 2.05) is 31.2 Å². The number of fused-ring (bicyclic) bond motifs is 2. The molecule has 0 fully saturated rings. The minimum Gasteiger partial charge on any atom is -0.494 e. The van der Waals surface area contributed by atoms with E-state index in [4.69, 9.17) is 35.8 Å². The lowest BCUT2D eigenvalue weighted by Crippen LogP contribution is -2.54. The molecule has 0 saturated heterocycles. The second kappa shape index (κ2) is 22.6. The van der Waals surface area contributed by atoms with Crippen LogP contribution >= 0.6 is 11.6 Å². The Morgan fingerprint density at radius 2 is 1.32 bits per heavy atom. The van der Waals surface area contributed by atoms with Crippen LogP contribution in [0.25, 0.3) is 33.8 Å². The van der Waals surface area contributed by atoms with Crippen LogP contribution in [0.5, 0.6) is 17.4 Å². The maximum Gasteiger partial charge on any atom is 0.416 e. The molecule has 0 radical (unpaired) electrons. The summed E-state index contributed by atoms with van der Waals surface area (Å²) in [7, 11) is 1.30. The molecule has 4 N–H and O–H groups in total. The molecule has 0 saturated carbocycles. The molecule has 0 bridgehead atoms. The zero-order valence-electron chi connectivity index (χ0n) is 41.4. The largest absolute Gasteiger partial charge is 0.494 e. The van der Waals surface area contributed by atoms with Gasteiger partial charge in [-0.05, 0) is 103 Å². The van der Waals surface area contributed by atoms with E-state index in [2.05, 4.69) is 35.9 Å². The maximum absolute atomic E-state index is 15.4.